The fourth-order valence-electron chi connectivity index (χ4n) is 2.13. The molecule has 0 heterocycles. The molecule has 7 heteroatoms. The number of carbonyl (C=O) groups excluding carboxylic acids is 2. The number of aromatic hydroxyl groups is 1. The third kappa shape index (κ3) is 4.63. The summed E-state index contributed by atoms with van der Waals surface area (Å²) in [7, 11) is 3.00. The van der Waals surface area contributed by atoms with E-state index in [0.29, 0.717) is 17.2 Å². The molecule has 2 aromatic carbocycles. The van der Waals surface area contributed by atoms with Crippen LogP contribution in [0.15, 0.2) is 36.4 Å². The molecule has 1 amide bonds. The zero-order valence-electron chi connectivity index (χ0n) is 14.2. The molecule has 2 aromatic rings. The Bertz CT molecular complexity index is 787. The summed E-state index contributed by atoms with van der Waals surface area (Å²) >= 11 is 0. The first-order valence-corrected chi connectivity index (χ1v) is 7.43. The van der Waals surface area contributed by atoms with E-state index in [1.165, 1.54) is 26.4 Å². The summed E-state index contributed by atoms with van der Waals surface area (Å²) in [5, 5.41) is 12.3. The van der Waals surface area contributed by atoms with E-state index in [1.807, 2.05) is 0 Å². The van der Waals surface area contributed by atoms with Crippen molar-refractivity contribution in [2.24, 2.45) is 0 Å². The lowest BCUT2D eigenvalue weighted by molar-refractivity contribution is -0.119. The van der Waals surface area contributed by atoms with Crippen molar-refractivity contribution in [3.05, 3.63) is 47.5 Å². The van der Waals surface area contributed by atoms with Crippen LogP contribution in [-0.2, 0) is 9.53 Å². The number of esters is 1. The van der Waals surface area contributed by atoms with Gasteiger partial charge < -0.3 is 24.6 Å². The van der Waals surface area contributed by atoms with E-state index >= 15 is 0 Å². The first-order valence-electron chi connectivity index (χ1n) is 7.43. The summed E-state index contributed by atoms with van der Waals surface area (Å²) in [4.78, 5) is 23.9. The lowest BCUT2D eigenvalue weighted by Gasteiger charge is -2.11. The van der Waals surface area contributed by atoms with Gasteiger partial charge in [-0.1, -0.05) is 11.6 Å². The third-order valence-electron chi connectivity index (χ3n) is 3.37. The second-order valence-electron chi connectivity index (χ2n) is 5.21. The molecular formula is C18H19NO6. The Balaban J connectivity index is 1.96. The van der Waals surface area contributed by atoms with Gasteiger partial charge in [0.05, 0.1) is 14.2 Å². The molecule has 2 rings (SSSR count). The molecule has 0 saturated heterocycles. The third-order valence-corrected chi connectivity index (χ3v) is 3.37. The van der Waals surface area contributed by atoms with Crippen LogP contribution in [0.1, 0.15) is 15.9 Å². The number of phenols is 1. The smallest absolute Gasteiger partial charge is 0.342 e. The fraction of sp³-hybridized carbons (Fsp3) is 0.222. The van der Waals surface area contributed by atoms with Gasteiger partial charge in [0.1, 0.15) is 11.3 Å². The molecule has 0 aliphatic carbocycles. The molecule has 2 N–H and O–H groups in total. The summed E-state index contributed by atoms with van der Waals surface area (Å²) in [6.45, 7) is 1.29. The minimum Gasteiger partial charge on any atom is -0.507 e. The number of rotatable bonds is 6. The Morgan fingerprint density at radius 2 is 1.76 bits per heavy atom. The number of anilines is 1. The zero-order valence-corrected chi connectivity index (χ0v) is 14.2. The van der Waals surface area contributed by atoms with Crippen LogP contribution in [0.4, 0.5) is 5.69 Å². The molecule has 0 spiro atoms. The quantitative estimate of drug-likeness (QED) is 0.781. The molecular weight excluding hydrogens is 326 g/mol. The molecule has 0 atom stereocenters. The van der Waals surface area contributed by atoms with Crippen molar-refractivity contribution < 1.29 is 28.9 Å². The van der Waals surface area contributed by atoms with Gasteiger partial charge in [0.15, 0.2) is 18.1 Å². The lowest BCUT2D eigenvalue weighted by atomic mass is 10.1. The van der Waals surface area contributed by atoms with Gasteiger partial charge in [-0.2, -0.15) is 0 Å². The molecule has 7 nitrogen and oxygen atoms in total. The van der Waals surface area contributed by atoms with Crippen molar-refractivity contribution in [1.82, 2.24) is 0 Å². The number of phenolic OH excluding ortho intramolecular Hbond substituents is 1. The molecule has 0 aromatic heterocycles. The van der Waals surface area contributed by atoms with Gasteiger partial charge in [0.2, 0.25) is 0 Å². The summed E-state index contributed by atoms with van der Waals surface area (Å²) in [6, 6.07) is 9.42. The van der Waals surface area contributed by atoms with Crippen molar-refractivity contribution in [1.29, 1.82) is 0 Å². The number of methoxy groups -OCH3 is 2. The standard InChI is InChI=1S/C18H19NO6/c1-11-4-6-14(20)13(8-11)18(22)25-10-17(21)19-12-5-7-15(23-2)16(9-12)24-3/h4-9,20H,10H2,1-3H3,(H,19,21). The minimum atomic E-state index is -0.774. The molecule has 0 fully saturated rings. The van der Waals surface area contributed by atoms with Crippen LogP contribution in [0.25, 0.3) is 0 Å². The predicted molar refractivity (Wildman–Crippen MR) is 91.3 cm³/mol. The summed E-state index contributed by atoms with van der Waals surface area (Å²) in [5.41, 5.74) is 1.27. The van der Waals surface area contributed by atoms with Crippen molar-refractivity contribution in [2.45, 2.75) is 6.92 Å². The second-order valence-corrected chi connectivity index (χ2v) is 5.21. The van der Waals surface area contributed by atoms with Crippen molar-refractivity contribution in [3.8, 4) is 17.2 Å². The number of ether oxygens (including phenoxy) is 3. The van der Waals surface area contributed by atoms with Crippen LogP contribution in [0.2, 0.25) is 0 Å². The van der Waals surface area contributed by atoms with Gasteiger partial charge >= 0.3 is 5.97 Å². The van der Waals surface area contributed by atoms with Crippen molar-refractivity contribution in [2.75, 3.05) is 26.1 Å². The van der Waals surface area contributed by atoms with Crippen molar-refractivity contribution in [3.63, 3.8) is 0 Å². The molecule has 0 aliphatic rings. The van der Waals surface area contributed by atoms with Gasteiger partial charge in [-0.05, 0) is 31.2 Å². The highest BCUT2D eigenvalue weighted by Crippen LogP contribution is 2.29. The molecule has 0 unspecified atom stereocenters. The van der Waals surface area contributed by atoms with Gasteiger partial charge in [-0.25, -0.2) is 4.79 Å². The molecule has 0 aliphatic heterocycles. The molecule has 0 radical (unpaired) electrons. The average molecular weight is 345 g/mol. The maximum Gasteiger partial charge on any atom is 0.342 e. The first-order chi connectivity index (χ1) is 11.9. The van der Waals surface area contributed by atoms with E-state index in [-0.39, 0.29) is 11.3 Å². The first kappa shape index (κ1) is 18.1. The normalized spacial score (nSPS) is 10.0. The van der Waals surface area contributed by atoms with Crippen LogP contribution >= 0.6 is 0 Å². The van der Waals surface area contributed by atoms with E-state index in [4.69, 9.17) is 14.2 Å². The van der Waals surface area contributed by atoms with E-state index in [1.54, 1.807) is 31.2 Å². The van der Waals surface area contributed by atoms with E-state index in [9.17, 15) is 14.7 Å². The number of carbonyl (C=O) groups is 2. The predicted octanol–water partition coefficient (Wildman–Crippen LogP) is 2.51. The number of hydrogen-bond acceptors (Lipinski definition) is 6. The number of benzene rings is 2. The Labute approximate surface area is 145 Å². The van der Waals surface area contributed by atoms with E-state index < -0.39 is 18.5 Å². The van der Waals surface area contributed by atoms with Crippen LogP contribution in [0, 0.1) is 6.92 Å². The maximum atomic E-state index is 12.0. The topological polar surface area (TPSA) is 94.1 Å². The lowest BCUT2D eigenvalue weighted by Crippen LogP contribution is -2.21. The van der Waals surface area contributed by atoms with E-state index in [0.717, 1.165) is 5.56 Å². The van der Waals surface area contributed by atoms with Gasteiger partial charge in [0, 0.05) is 11.8 Å². The Morgan fingerprint density at radius 3 is 2.44 bits per heavy atom. The summed E-state index contributed by atoms with van der Waals surface area (Å²) in [5.74, 6) is -0.504. The molecule has 132 valence electrons. The highest BCUT2D eigenvalue weighted by molar-refractivity contribution is 5.97. The van der Waals surface area contributed by atoms with Crippen LogP contribution < -0.4 is 14.8 Å². The largest absolute Gasteiger partial charge is 0.507 e. The van der Waals surface area contributed by atoms with Gasteiger partial charge in [0.25, 0.3) is 5.91 Å². The Morgan fingerprint density at radius 1 is 1.04 bits per heavy atom. The second kappa shape index (κ2) is 8.05. The number of aryl methyl sites for hydroxylation is 1. The highest BCUT2D eigenvalue weighted by atomic mass is 16.5. The van der Waals surface area contributed by atoms with Gasteiger partial charge in [-0.3, -0.25) is 4.79 Å². The van der Waals surface area contributed by atoms with Crippen LogP contribution in [0.3, 0.4) is 0 Å². The minimum absolute atomic E-state index is 0.0129. The number of hydrogen-bond donors (Lipinski definition) is 2. The number of nitrogens with one attached hydrogen (secondary N) is 1. The monoisotopic (exact) mass is 345 g/mol. The highest BCUT2D eigenvalue weighted by Gasteiger charge is 2.15. The average Bonchev–Trinajstić information content (AvgIpc) is 2.61. The Hall–Kier alpha value is -3.22. The molecule has 0 bridgehead atoms. The molecule has 0 saturated carbocycles. The fourth-order valence-corrected chi connectivity index (χ4v) is 2.13. The van der Waals surface area contributed by atoms with Crippen molar-refractivity contribution >= 4 is 17.6 Å². The SMILES string of the molecule is COc1ccc(NC(=O)COC(=O)c2cc(C)ccc2O)cc1OC. The summed E-state index contributed by atoms with van der Waals surface area (Å²) < 4.78 is 15.2. The summed E-state index contributed by atoms with van der Waals surface area (Å²) in [6.07, 6.45) is 0. The van der Waals surface area contributed by atoms with Crippen LogP contribution in [0.5, 0.6) is 17.2 Å². The van der Waals surface area contributed by atoms with E-state index in [2.05, 4.69) is 5.32 Å². The zero-order chi connectivity index (χ0) is 18.4. The molecule has 25 heavy (non-hydrogen) atoms. The maximum absolute atomic E-state index is 12.0. The number of amides is 1. The van der Waals surface area contributed by atoms with Gasteiger partial charge in [-0.15, -0.1) is 0 Å². The van der Waals surface area contributed by atoms with Crippen LogP contribution in [-0.4, -0.2) is 37.8 Å². The Kier molecular flexibility index (Phi) is 5.84.